The Hall–Kier alpha value is -0.130. The molecule has 2 N–H and O–H groups in total. The van der Waals surface area contributed by atoms with Crippen molar-refractivity contribution < 1.29 is 13.5 Å². The normalized spacial score (nSPS) is 16.9. The molecule has 0 bridgehead atoms. The van der Waals surface area contributed by atoms with E-state index >= 15 is 0 Å². The lowest BCUT2D eigenvalue weighted by Crippen LogP contribution is -2.38. The van der Waals surface area contributed by atoms with Crippen LogP contribution in [0.2, 0.25) is 0 Å². The molecule has 5 heteroatoms. The minimum atomic E-state index is -3.29. The van der Waals surface area contributed by atoms with Gasteiger partial charge in [0.2, 0.25) is 10.0 Å². The van der Waals surface area contributed by atoms with Crippen LogP contribution in [0.4, 0.5) is 0 Å². The third-order valence-corrected chi connectivity index (χ3v) is 3.67. The van der Waals surface area contributed by atoms with Crippen molar-refractivity contribution in [1.29, 1.82) is 0 Å². The largest absolute Gasteiger partial charge is 0.395 e. The van der Waals surface area contributed by atoms with E-state index < -0.39 is 10.0 Å². The Kier molecular flexibility index (Phi) is 5.51. The fraction of sp³-hybridized carbons (Fsp3) is 1.00. The summed E-state index contributed by atoms with van der Waals surface area (Å²) in [5.74, 6) is 0.0989. The SMILES string of the molecule is CCC(C)C(C)NS(=O)(=O)CCO. The molecule has 4 nitrogen and oxygen atoms in total. The highest BCUT2D eigenvalue weighted by Gasteiger charge is 2.17. The van der Waals surface area contributed by atoms with Crippen LogP contribution in [0, 0.1) is 5.92 Å². The van der Waals surface area contributed by atoms with E-state index in [1.807, 2.05) is 20.8 Å². The lowest BCUT2D eigenvalue weighted by molar-refractivity contribution is 0.318. The summed E-state index contributed by atoms with van der Waals surface area (Å²) >= 11 is 0. The second-order valence-electron chi connectivity index (χ2n) is 3.33. The molecular formula is C8H19NO3S. The highest BCUT2D eigenvalue weighted by Crippen LogP contribution is 2.07. The van der Waals surface area contributed by atoms with Gasteiger partial charge in [-0.25, -0.2) is 13.1 Å². The number of rotatable bonds is 6. The Balaban J connectivity index is 4.11. The average molecular weight is 209 g/mol. The molecule has 0 heterocycles. The lowest BCUT2D eigenvalue weighted by atomic mass is 10.0. The van der Waals surface area contributed by atoms with Gasteiger partial charge >= 0.3 is 0 Å². The Morgan fingerprint density at radius 3 is 2.31 bits per heavy atom. The highest BCUT2D eigenvalue weighted by atomic mass is 32.2. The minimum Gasteiger partial charge on any atom is -0.395 e. The van der Waals surface area contributed by atoms with Gasteiger partial charge in [-0.2, -0.15) is 0 Å². The van der Waals surface area contributed by atoms with E-state index in [1.165, 1.54) is 0 Å². The summed E-state index contributed by atoms with van der Waals surface area (Å²) < 4.78 is 24.9. The number of sulfonamides is 1. The van der Waals surface area contributed by atoms with Crippen LogP contribution >= 0.6 is 0 Å². The first-order chi connectivity index (χ1) is 5.93. The van der Waals surface area contributed by atoms with Gasteiger partial charge in [-0.15, -0.1) is 0 Å². The molecule has 2 unspecified atom stereocenters. The Morgan fingerprint density at radius 2 is 1.92 bits per heavy atom. The molecule has 0 spiro atoms. The first-order valence-electron chi connectivity index (χ1n) is 4.53. The zero-order chi connectivity index (χ0) is 10.5. The van der Waals surface area contributed by atoms with E-state index in [0.717, 1.165) is 6.42 Å². The number of hydrogen-bond donors (Lipinski definition) is 2. The van der Waals surface area contributed by atoms with Crippen LogP contribution in [0.15, 0.2) is 0 Å². The summed E-state index contributed by atoms with van der Waals surface area (Å²) in [6.07, 6.45) is 0.933. The minimum absolute atomic E-state index is 0.0680. The first-order valence-corrected chi connectivity index (χ1v) is 6.19. The quantitative estimate of drug-likeness (QED) is 0.662. The van der Waals surface area contributed by atoms with E-state index in [1.54, 1.807) is 0 Å². The van der Waals surface area contributed by atoms with E-state index in [-0.39, 0.29) is 18.4 Å². The molecule has 80 valence electrons. The van der Waals surface area contributed by atoms with Gasteiger partial charge in [0.25, 0.3) is 0 Å². The van der Waals surface area contributed by atoms with Gasteiger partial charge in [-0.1, -0.05) is 20.3 Å². The zero-order valence-electron chi connectivity index (χ0n) is 8.45. The Labute approximate surface area is 80.4 Å². The highest BCUT2D eigenvalue weighted by molar-refractivity contribution is 7.89. The maximum atomic E-state index is 11.2. The summed E-state index contributed by atoms with van der Waals surface area (Å²) in [5, 5.41) is 8.49. The molecule has 13 heavy (non-hydrogen) atoms. The molecule has 0 saturated carbocycles. The van der Waals surface area contributed by atoms with Crippen LogP contribution in [-0.4, -0.2) is 31.9 Å². The molecule has 0 aliphatic rings. The molecule has 0 saturated heterocycles. The molecule has 0 aliphatic carbocycles. The van der Waals surface area contributed by atoms with Crippen LogP contribution in [0.1, 0.15) is 27.2 Å². The van der Waals surface area contributed by atoms with Gasteiger partial charge in [0, 0.05) is 6.04 Å². The van der Waals surface area contributed by atoms with Crippen LogP contribution < -0.4 is 4.72 Å². The monoisotopic (exact) mass is 209 g/mol. The first kappa shape index (κ1) is 12.9. The van der Waals surface area contributed by atoms with E-state index in [0.29, 0.717) is 5.92 Å². The van der Waals surface area contributed by atoms with Gasteiger partial charge in [0.05, 0.1) is 12.4 Å². The van der Waals surface area contributed by atoms with Crippen molar-refractivity contribution in [2.75, 3.05) is 12.4 Å². The summed E-state index contributed by atoms with van der Waals surface area (Å²) in [5.41, 5.74) is 0. The van der Waals surface area contributed by atoms with E-state index in [4.69, 9.17) is 5.11 Å². The van der Waals surface area contributed by atoms with Gasteiger partial charge in [0.1, 0.15) is 0 Å². The average Bonchev–Trinajstić information content (AvgIpc) is 2.01. The summed E-state index contributed by atoms with van der Waals surface area (Å²) in [6, 6.07) is -0.0680. The number of aliphatic hydroxyl groups excluding tert-OH is 1. The number of nitrogens with one attached hydrogen (secondary N) is 1. The van der Waals surface area contributed by atoms with Gasteiger partial charge < -0.3 is 5.11 Å². The molecule has 0 rings (SSSR count). The smallest absolute Gasteiger partial charge is 0.214 e. The third kappa shape index (κ3) is 5.23. The van der Waals surface area contributed by atoms with Crippen molar-refractivity contribution in [1.82, 2.24) is 4.72 Å². The topological polar surface area (TPSA) is 66.4 Å². The van der Waals surface area contributed by atoms with Crippen LogP contribution in [0.3, 0.4) is 0 Å². The zero-order valence-corrected chi connectivity index (χ0v) is 9.26. The van der Waals surface area contributed by atoms with Crippen molar-refractivity contribution in [3.63, 3.8) is 0 Å². The van der Waals surface area contributed by atoms with Crippen molar-refractivity contribution in [2.24, 2.45) is 5.92 Å². The van der Waals surface area contributed by atoms with Crippen molar-refractivity contribution in [2.45, 2.75) is 33.2 Å². The fourth-order valence-corrected chi connectivity index (χ4v) is 2.09. The maximum absolute atomic E-state index is 11.2. The van der Waals surface area contributed by atoms with Gasteiger partial charge in [-0.3, -0.25) is 0 Å². The molecule has 0 aliphatic heterocycles. The summed E-state index contributed by atoms with van der Waals surface area (Å²) in [6.45, 7) is 5.51. The second kappa shape index (κ2) is 5.57. The Morgan fingerprint density at radius 1 is 1.38 bits per heavy atom. The van der Waals surface area contributed by atoms with Crippen molar-refractivity contribution in [3.05, 3.63) is 0 Å². The lowest BCUT2D eigenvalue weighted by Gasteiger charge is -2.19. The van der Waals surface area contributed by atoms with Crippen LogP contribution in [-0.2, 0) is 10.0 Å². The summed E-state index contributed by atoms with van der Waals surface area (Å²) in [7, 11) is -3.29. The fourth-order valence-electron chi connectivity index (χ4n) is 0.932. The maximum Gasteiger partial charge on any atom is 0.214 e. The predicted octanol–water partition coefficient (Wildman–Crippen LogP) is 0.333. The third-order valence-electron chi connectivity index (χ3n) is 2.22. The van der Waals surface area contributed by atoms with Gasteiger partial charge in [-0.05, 0) is 12.8 Å². The van der Waals surface area contributed by atoms with E-state index in [9.17, 15) is 8.42 Å². The summed E-state index contributed by atoms with van der Waals surface area (Å²) in [4.78, 5) is 0. The second-order valence-corrected chi connectivity index (χ2v) is 5.21. The molecule has 0 radical (unpaired) electrons. The molecule has 0 aromatic carbocycles. The van der Waals surface area contributed by atoms with Crippen LogP contribution in [0.25, 0.3) is 0 Å². The van der Waals surface area contributed by atoms with Gasteiger partial charge in [0.15, 0.2) is 0 Å². The molecule has 2 atom stereocenters. The molecular weight excluding hydrogens is 190 g/mol. The molecule has 0 fully saturated rings. The molecule has 0 aromatic rings. The van der Waals surface area contributed by atoms with Crippen molar-refractivity contribution >= 4 is 10.0 Å². The predicted molar refractivity (Wildman–Crippen MR) is 52.9 cm³/mol. The van der Waals surface area contributed by atoms with Crippen LogP contribution in [0.5, 0.6) is 0 Å². The standard InChI is InChI=1S/C8H19NO3S/c1-4-7(2)8(3)9-13(11,12)6-5-10/h7-10H,4-6H2,1-3H3. The van der Waals surface area contributed by atoms with Crippen molar-refractivity contribution in [3.8, 4) is 0 Å². The van der Waals surface area contributed by atoms with E-state index in [2.05, 4.69) is 4.72 Å². The number of hydrogen-bond acceptors (Lipinski definition) is 3. The molecule has 0 amide bonds. The number of aliphatic hydroxyl groups is 1. The molecule has 0 aromatic heterocycles. The Bertz CT molecular complexity index is 226.